The number of phenolic OH excluding ortho intramolecular Hbond substituents is 1. The molecule has 24 heavy (non-hydrogen) atoms. The summed E-state index contributed by atoms with van der Waals surface area (Å²) < 4.78 is 6.40. The van der Waals surface area contributed by atoms with Crippen LogP contribution in [0.15, 0.2) is 23.8 Å². The maximum absolute atomic E-state index is 10.8. The molecule has 1 aromatic rings. The number of allylic oxidation sites excluding steroid dienone is 2. The molecular weight excluding hydrogens is 296 g/mol. The van der Waals surface area contributed by atoms with Gasteiger partial charge in [0.15, 0.2) is 0 Å². The number of aromatic hydroxyl groups is 1. The minimum absolute atomic E-state index is 0.179. The lowest BCUT2D eigenvalue weighted by atomic mass is 9.66. The molecule has 1 unspecified atom stereocenters. The van der Waals surface area contributed by atoms with Crippen molar-refractivity contribution in [2.75, 3.05) is 0 Å². The van der Waals surface area contributed by atoms with Gasteiger partial charge in [0, 0.05) is 17.4 Å². The van der Waals surface area contributed by atoms with Gasteiger partial charge in [-0.25, -0.2) is 0 Å². The number of aryl methyl sites for hydroxylation is 1. The molecule has 1 heterocycles. The molecule has 2 heteroatoms. The Kier molecular flexibility index (Phi) is 4.94. The smallest absolute Gasteiger partial charge is 0.127 e. The summed E-state index contributed by atoms with van der Waals surface area (Å²) in [6, 6.07) is 4.17. The first kappa shape index (κ1) is 17.4. The van der Waals surface area contributed by atoms with Crippen molar-refractivity contribution in [2.45, 2.75) is 84.2 Å². The average molecular weight is 328 g/mol. The molecule has 0 saturated heterocycles. The summed E-state index contributed by atoms with van der Waals surface area (Å²) in [4.78, 5) is 0. The van der Waals surface area contributed by atoms with Crippen LogP contribution in [0.5, 0.6) is 11.5 Å². The molecule has 1 aliphatic carbocycles. The number of hydrogen-bond acceptors (Lipinski definition) is 2. The zero-order valence-electron chi connectivity index (χ0n) is 15.7. The van der Waals surface area contributed by atoms with Gasteiger partial charge in [-0.05, 0) is 63.6 Å². The van der Waals surface area contributed by atoms with Crippen molar-refractivity contribution in [3.8, 4) is 11.5 Å². The largest absolute Gasteiger partial charge is 0.508 e. The van der Waals surface area contributed by atoms with Crippen LogP contribution in [-0.4, -0.2) is 10.7 Å². The van der Waals surface area contributed by atoms with Crippen LogP contribution in [0.3, 0.4) is 0 Å². The van der Waals surface area contributed by atoms with Crippen LogP contribution >= 0.6 is 0 Å². The second-order valence-corrected chi connectivity index (χ2v) is 8.06. The Morgan fingerprint density at radius 3 is 2.71 bits per heavy atom. The molecule has 0 saturated carbocycles. The number of ether oxygens (including phenoxy) is 1. The third kappa shape index (κ3) is 3.20. The second-order valence-electron chi connectivity index (χ2n) is 8.06. The zero-order chi connectivity index (χ0) is 17.3. The highest BCUT2D eigenvalue weighted by molar-refractivity contribution is 5.52. The van der Waals surface area contributed by atoms with Crippen LogP contribution < -0.4 is 4.74 Å². The van der Waals surface area contributed by atoms with Gasteiger partial charge in [-0.15, -0.1) is 0 Å². The molecule has 132 valence electrons. The quantitative estimate of drug-likeness (QED) is 0.520. The highest BCUT2D eigenvalue weighted by Gasteiger charge is 2.45. The molecule has 1 aliphatic heterocycles. The molecule has 0 bridgehead atoms. The van der Waals surface area contributed by atoms with E-state index in [-0.39, 0.29) is 5.60 Å². The van der Waals surface area contributed by atoms with Crippen LogP contribution in [0.4, 0.5) is 0 Å². The Bertz CT molecular complexity index is 627. The molecule has 0 spiro atoms. The Morgan fingerprint density at radius 2 is 2.00 bits per heavy atom. The zero-order valence-corrected chi connectivity index (χ0v) is 15.7. The number of benzene rings is 1. The van der Waals surface area contributed by atoms with E-state index in [9.17, 15) is 5.11 Å². The molecule has 1 N–H and O–H groups in total. The summed E-state index contributed by atoms with van der Waals surface area (Å²) in [6.45, 7) is 8.87. The van der Waals surface area contributed by atoms with Crippen molar-refractivity contribution in [1.29, 1.82) is 0 Å². The molecule has 0 amide bonds. The maximum atomic E-state index is 10.8. The first-order chi connectivity index (χ1) is 11.5. The first-order valence-corrected chi connectivity index (χ1v) is 9.69. The molecule has 0 fully saturated rings. The van der Waals surface area contributed by atoms with E-state index in [1.54, 1.807) is 0 Å². The third-order valence-corrected chi connectivity index (χ3v) is 5.97. The lowest BCUT2D eigenvalue weighted by Crippen LogP contribution is -2.45. The van der Waals surface area contributed by atoms with E-state index >= 15 is 0 Å². The van der Waals surface area contributed by atoms with E-state index in [0.717, 1.165) is 37.0 Å². The van der Waals surface area contributed by atoms with Gasteiger partial charge in [-0.2, -0.15) is 0 Å². The van der Waals surface area contributed by atoms with Gasteiger partial charge >= 0.3 is 0 Å². The standard InChI is InChI=1S/C22H32O2/c1-5-7-8-9-16-13-19(23)21-17-12-15(6-2)10-11-18(17)22(3,4)24-20(21)14-16/h10,13-14,17-18,23H,5-9,11-12H2,1-4H3/t17?,18-/m1/s1. The molecule has 3 rings (SSSR count). The number of phenols is 1. The van der Waals surface area contributed by atoms with E-state index in [1.807, 2.05) is 6.07 Å². The van der Waals surface area contributed by atoms with Crippen molar-refractivity contribution in [3.63, 3.8) is 0 Å². The van der Waals surface area contributed by atoms with Crippen molar-refractivity contribution in [2.24, 2.45) is 5.92 Å². The molecule has 0 radical (unpaired) electrons. The van der Waals surface area contributed by atoms with E-state index in [2.05, 4.69) is 39.8 Å². The van der Waals surface area contributed by atoms with Gasteiger partial charge in [-0.3, -0.25) is 0 Å². The van der Waals surface area contributed by atoms with Crippen molar-refractivity contribution < 1.29 is 9.84 Å². The molecule has 2 nitrogen and oxygen atoms in total. The minimum Gasteiger partial charge on any atom is -0.508 e. The predicted molar refractivity (Wildman–Crippen MR) is 99.9 cm³/mol. The van der Waals surface area contributed by atoms with Gasteiger partial charge in [-0.1, -0.05) is 38.3 Å². The highest BCUT2D eigenvalue weighted by atomic mass is 16.5. The fraction of sp³-hybridized carbons (Fsp3) is 0.636. The van der Waals surface area contributed by atoms with E-state index in [4.69, 9.17) is 4.74 Å². The van der Waals surface area contributed by atoms with Crippen LogP contribution in [0.1, 0.15) is 83.3 Å². The Hall–Kier alpha value is -1.44. The lowest BCUT2D eigenvalue weighted by molar-refractivity contribution is 0.00731. The number of unbranched alkanes of at least 4 members (excludes halogenated alkanes) is 2. The first-order valence-electron chi connectivity index (χ1n) is 9.69. The number of hydrogen-bond donors (Lipinski definition) is 1. The van der Waals surface area contributed by atoms with Crippen LogP contribution in [-0.2, 0) is 6.42 Å². The van der Waals surface area contributed by atoms with Crippen LogP contribution in [0.2, 0.25) is 0 Å². The van der Waals surface area contributed by atoms with Crippen molar-refractivity contribution in [3.05, 3.63) is 34.9 Å². The lowest BCUT2D eigenvalue weighted by Gasteiger charge is -2.47. The minimum atomic E-state index is -0.179. The third-order valence-electron chi connectivity index (χ3n) is 5.97. The fourth-order valence-electron chi connectivity index (χ4n) is 4.53. The Balaban J connectivity index is 1.96. The summed E-state index contributed by atoms with van der Waals surface area (Å²) >= 11 is 0. The summed E-state index contributed by atoms with van der Waals surface area (Å²) in [5.74, 6) is 2.19. The molecule has 2 atom stereocenters. The van der Waals surface area contributed by atoms with Gasteiger partial charge in [0.1, 0.15) is 17.1 Å². The fourth-order valence-corrected chi connectivity index (χ4v) is 4.53. The molecular formula is C22H32O2. The predicted octanol–water partition coefficient (Wildman–Crippen LogP) is 6.13. The monoisotopic (exact) mass is 328 g/mol. The van der Waals surface area contributed by atoms with E-state index in [1.165, 1.54) is 30.4 Å². The maximum Gasteiger partial charge on any atom is 0.127 e. The van der Waals surface area contributed by atoms with Gasteiger partial charge < -0.3 is 9.84 Å². The summed E-state index contributed by atoms with van der Waals surface area (Å²) in [5.41, 5.74) is 3.60. The van der Waals surface area contributed by atoms with Gasteiger partial charge in [0.25, 0.3) is 0 Å². The van der Waals surface area contributed by atoms with E-state index in [0.29, 0.717) is 17.6 Å². The SMILES string of the molecule is CCCCCc1cc(O)c2c(c1)OC(C)(C)[C@@H]1CC=C(CC)CC21. The molecule has 0 aromatic heterocycles. The van der Waals surface area contributed by atoms with Crippen LogP contribution in [0, 0.1) is 5.92 Å². The Morgan fingerprint density at radius 1 is 1.21 bits per heavy atom. The summed E-state index contributed by atoms with van der Waals surface area (Å²) in [6.07, 6.45) is 10.3. The van der Waals surface area contributed by atoms with Gasteiger partial charge in [0.05, 0.1) is 0 Å². The van der Waals surface area contributed by atoms with Crippen molar-refractivity contribution >= 4 is 0 Å². The highest BCUT2D eigenvalue weighted by Crippen LogP contribution is 2.54. The Labute approximate surface area is 146 Å². The molecule has 1 aromatic carbocycles. The van der Waals surface area contributed by atoms with E-state index < -0.39 is 0 Å². The average Bonchev–Trinajstić information content (AvgIpc) is 2.53. The normalized spacial score (nSPS) is 24.6. The molecule has 2 aliphatic rings. The summed E-state index contributed by atoms with van der Waals surface area (Å²) in [7, 11) is 0. The number of fused-ring (bicyclic) bond motifs is 3. The topological polar surface area (TPSA) is 29.5 Å². The number of rotatable bonds is 5. The summed E-state index contributed by atoms with van der Waals surface area (Å²) in [5, 5.41) is 10.8. The van der Waals surface area contributed by atoms with Crippen LogP contribution in [0.25, 0.3) is 0 Å². The van der Waals surface area contributed by atoms with Crippen molar-refractivity contribution in [1.82, 2.24) is 0 Å². The second kappa shape index (κ2) is 6.82. The van der Waals surface area contributed by atoms with Gasteiger partial charge in [0.2, 0.25) is 0 Å².